The lowest BCUT2D eigenvalue weighted by molar-refractivity contribution is -0.152. The second kappa shape index (κ2) is 8.26. The zero-order valence-electron chi connectivity index (χ0n) is 13.5. The van der Waals surface area contributed by atoms with Gasteiger partial charge < -0.3 is 4.74 Å². The van der Waals surface area contributed by atoms with Gasteiger partial charge in [-0.05, 0) is 54.9 Å². The molecule has 2 nitrogen and oxygen atoms in total. The molecule has 2 rings (SSSR count). The van der Waals surface area contributed by atoms with Gasteiger partial charge in [0.05, 0.1) is 5.75 Å². The predicted octanol–water partition coefficient (Wildman–Crippen LogP) is 5.44. The number of carbonyl (C=O) groups is 1. The second-order valence-corrected chi connectivity index (χ2v) is 8.08. The molecular weight excluding hydrogens is 316 g/mol. The van der Waals surface area contributed by atoms with Crippen LogP contribution in [0.2, 0.25) is 5.02 Å². The van der Waals surface area contributed by atoms with E-state index in [4.69, 9.17) is 16.3 Å². The molecule has 0 amide bonds. The fourth-order valence-electron chi connectivity index (χ4n) is 3.13. The van der Waals surface area contributed by atoms with Crippen LogP contribution >= 0.6 is 23.4 Å². The highest BCUT2D eigenvalue weighted by Gasteiger charge is 2.33. The lowest BCUT2D eigenvalue weighted by atomic mass is 9.75. The summed E-state index contributed by atoms with van der Waals surface area (Å²) in [5.74, 6) is 1.97. The van der Waals surface area contributed by atoms with Crippen molar-refractivity contribution >= 4 is 29.3 Å². The first-order chi connectivity index (χ1) is 10.5. The first-order valence-electron chi connectivity index (χ1n) is 8.03. The van der Waals surface area contributed by atoms with Crippen LogP contribution in [0, 0.1) is 17.8 Å². The molecule has 0 spiro atoms. The molecule has 1 saturated carbocycles. The Morgan fingerprint density at radius 3 is 2.64 bits per heavy atom. The fraction of sp³-hybridized carbons (Fsp3) is 0.611. The van der Waals surface area contributed by atoms with Gasteiger partial charge in [0, 0.05) is 9.92 Å². The van der Waals surface area contributed by atoms with Crippen molar-refractivity contribution in [3.63, 3.8) is 0 Å². The van der Waals surface area contributed by atoms with Gasteiger partial charge in [-0.15, -0.1) is 11.8 Å². The highest BCUT2D eigenvalue weighted by Crippen LogP contribution is 2.35. The molecule has 0 saturated heterocycles. The van der Waals surface area contributed by atoms with E-state index in [1.165, 1.54) is 24.6 Å². The first kappa shape index (κ1) is 17.7. The number of ether oxygens (including phenoxy) is 1. The fourth-order valence-corrected chi connectivity index (χ4v) is 3.93. The van der Waals surface area contributed by atoms with Crippen LogP contribution in [-0.4, -0.2) is 17.8 Å². The summed E-state index contributed by atoms with van der Waals surface area (Å²) in [7, 11) is 0. The van der Waals surface area contributed by atoms with E-state index in [1.807, 2.05) is 24.3 Å². The molecule has 1 aliphatic carbocycles. The maximum absolute atomic E-state index is 12.2. The highest BCUT2D eigenvalue weighted by atomic mass is 35.5. The van der Waals surface area contributed by atoms with E-state index < -0.39 is 0 Å². The molecule has 0 radical (unpaired) electrons. The Morgan fingerprint density at radius 2 is 2.00 bits per heavy atom. The average Bonchev–Trinajstić information content (AvgIpc) is 2.46. The van der Waals surface area contributed by atoms with Crippen molar-refractivity contribution in [1.82, 2.24) is 0 Å². The van der Waals surface area contributed by atoms with E-state index in [0.29, 0.717) is 28.5 Å². The Morgan fingerprint density at radius 1 is 1.32 bits per heavy atom. The molecular formula is C18H25ClO2S. The summed E-state index contributed by atoms with van der Waals surface area (Å²) >= 11 is 7.36. The van der Waals surface area contributed by atoms with E-state index in [2.05, 4.69) is 20.8 Å². The molecule has 122 valence electrons. The summed E-state index contributed by atoms with van der Waals surface area (Å²) in [5.41, 5.74) is 0. The number of rotatable bonds is 5. The Labute approximate surface area is 143 Å². The minimum Gasteiger partial charge on any atom is -0.461 e. The number of thioether (sulfide) groups is 1. The van der Waals surface area contributed by atoms with Crippen LogP contribution in [0.15, 0.2) is 29.2 Å². The van der Waals surface area contributed by atoms with Crippen LogP contribution in [0.5, 0.6) is 0 Å². The van der Waals surface area contributed by atoms with Gasteiger partial charge >= 0.3 is 5.97 Å². The third-order valence-corrected chi connectivity index (χ3v) is 5.65. The Hall–Kier alpha value is -0.670. The smallest absolute Gasteiger partial charge is 0.316 e. The van der Waals surface area contributed by atoms with E-state index in [1.54, 1.807) is 0 Å². The van der Waals surface area contributed by atoms with Crippen LogP contribution in [0.3, 0.4) is 0 Å². The summed E-state index contributed by atoms with van der Waals surface area (Å²) in [6.07, 6.45) is 3.50. The van der Waals surface area contributed by atoms with Gasteiger partial charge in [-0.3, -0.25) is 4.79 Å². The minimum absolute atomic E-state index is 0.0852. The van der Waals surface area contributed by atoms with Crippen LogP contribution in [0.1, 0.15) is 40.0 Å². The van der Waals surface area contributed by atoms with Gasteiger partial charge in [0.2, 0.25) is 0 Å². The Balaban J connectivity index is 1.85. The SMILES string of the molecule is CC(C)[C@@H]1CC[C@@H](C)C[C@H]1OC(=O)CSc1ccc(Cl)cc1. The summed E-state index contributed by atoms with van der Waals surface area (Å²) in [6.45, 7) is 6.70. The number of benzene rings is 1. The molecule has 0 unspecified atom stereocenters. The molecule has 1 fully saturated rings. The summed E-state index contributed by atoms with van der Waals surface area (Å²) in [6, 6.07) is 7.54. The molecule has 0 N–H and O–H groups in total. The van der Waals surface area contributed by atoms with E-state index in [-0.39, 0.29) is 12.1 Å². The summed E-state index contributed by atoms with van der Waals surface area (Å²) < 4.78 is 5.80. The lowest BCUT2D eigenvalue weighted by Gasteiger charge is -2.36. The van der Waals surface area contributed by atoms with Crippen LogP contribution in [0.4, 0.5) is 0 Å². The molecule has 4 heteroatoms. The van der Waals surface area contributed by atoms with Gasteiger partial charge in [-0.25, -0.2) is 0 Å². The van der Waals surface area contributed by atoms with Crippen molar-refractivity contribution in [3.8, 4) is 0 Å². The van der Waals surface area contributed by atoms with Gasteiger partial charge in [-0.1, -0.05) is 38.8 Å². The van der Waals surface area contributed by atoms with Gasteiger partial charge in [0.25, 0.3) is 0 Å². The normalized spacial score (nSPS) is 25.2. The predicted molar refractivity (Wildman–Crippen MR) is 93.4 cm³/mol. The molecule has 1 aliphatic rings. The van der Waals surface area contributed by atoms with Crippen LogP contribution in [0.25, 0.3) is 0 Å². The summed E-state index contributed by atoms with van der Waals surface area (Å²) in [5, 5.41) is 0.711. The van der Waals surface area contributed by atoms with Gasteiger partial charge in [0.1, 0.15) is 6.10 Å². The van der Waals surface area contributed by atoms with Crippen molar-refractivity contribution in [2.45, 2.75) is 51.0 Å². The van der Waals surface area contributed by atoms with Gasteiger partial charge in [-0.2, -0.15) is 0 Å². The van der Waals surface area contributed by atoms with Crippen molar-refractivity contribution in [3.05, 3.63) is 29.3 Å². The maximum atomic E-state index is 12.2. The van der Waals surface area contributed by atoms with E-state index >= 15 is 0 Å². The first-order valence-corrected chi connectivity index (χ1v) is 9.40. The highest BCUT2D eigenvalue weighted by molar-refractivity contribution is 8.00. The number of hydrogen-bond acceptors (Lipinski definition) is 3. The average molecular weight is 341 g/mol. The standard InChI is InChI=1S/C18H25ClO2S/c1-12(2)16-9-4-13(3)10-17(16)21-18(20)11-22-15-7-5-14(19)6-8-15/h5-8,12-13,16-17H,4,9-11H2,1-3H3/t13-,16+,17-/m1/s1. The zero-order chi connectivity index (χ0) is 16.1. The molecule has 0 heterocycles. The van der Waals surface area contributed by atoms with Crippen molar-refractivity contribution in [2.75, 3.05) is 5.75 Å². The van der Waals surface area contributed by atoms with Crippen molar-refractivity contribution in [1.29, 1.82) is 0 Å². The van der Waals surface area contributed by atoms with E-state index in [0.717, 1.165) is 11.3 Å². The molecule has 1 aromatic carbocycles. The quantitative estimate of drug-likeness (QED) is 0.527. The number of halogens is 1. The zero-order valence-corrected chi connectivity index (χ0v) is 15.1. The third kappa shape index (κ3) is 5.20. The Bertz CT molecular complexity index is 486. The van der Waals surface area contributed by atoms with Crippen molar-refractivity contribution in [2.24, 2.45) is 17.8 Å². The van der Waals surface area contributed by atoms with Gasteiger partial charge in [0.15, 0.2) is 0 Å². The van der Waals surface area contributed by atoms with Crippen LogP contribution in [-0.2, 0) is 9.53 Å². The molecule has 0 aromatic heterocycles. The molecule has 22 heavy (non-hydrogen) atoms. The number of hydrogen-bond donors (Lipinski definition) is 0. The molecule has 0 aliphatic heterocycles. The molecule has 0 bridgehead atoms. The Kier molecular flexibility index (Phi) is 6.64. The molecule has 3 atom stereocenters. The molecule has 1 aromatic rings. The third-order valence-electron chi connectivity index (χ3n) is 4.41. The van der Waals surface area contributed by atoms with Crippen LogP contribution < -0.4 is 0 Å². The largest absolute Gasteiger partial charge is 0.461 e. The van der Waals surface area contributed by atoms with E-state index in [9.17, 15) is 4.79 Å². The summed E-state index contributed by atoms with van der Waals surface area (Å²) in [4.78, 5) is 13.2. The van der Waals surface area contributed by atoms with Crippen molar-refractivity contribution < 1.29 is 9.53 Å². The monoisotopic (exact) mass is 340 g/mol. The number of esters is 1. The minimum atomic E-state index is -0.107. The second-order valence-electron chi connectivity index (χ2n) is 6.60. The number of carbonyl (C=O) groups excluding carboxylic acids is 1. The maximum Gasteiger partial charge on any atom is 0.316 e. The topological polar surface area (TPSA) is 26.3 Å². The lowest BCUT2D eigenvalue weighted by Crippen LogP contribution is -2.36.